The highest BCUT2D eigenvalue weighted by atomic mass is 16.7. The summed E-state index contributed by atoms with van der Waals surface area (Å²) >= 11 is 0. The highest BCUT2D eigenvalue weighted by Gasteiger charge is 2.51. The molecule has 142 valence electrons. The number of carbonyl (C=O) groups excluding carboxylic acids is 1. The molecule has 2 saturated heterocycles. The van der Waals surface area contributed by atoms with Crippen molar-refractivity contribution in [2.75, 3.05) is 24.6 Å². The molecule has 1 aromatic rings. The third-order valence-electron chi connectivity index (χ3n) is 5.88. The maximum Gasteiger partial charge on any atom is 0.494 e. The molecule has 3 rings (SSSR count). The third-order valence-corrected chi connectivity index (χ3v) is 5.88. The molecule has 2 fully saturated rings. The van der Waals surface area contributed by atoms with Crippen LogP contribution in [0.25, 0.3) is 0 Å². The zero-order valence-corrected chi connectivity index (χ0v) is 16.6. The molecule has 5 nitrogen and oxygen atoms in total. The summed E-state index contributed by atoms with van der Waals surface area (Å²) < 4.78 is 17.5. The average molecular weight is 359 g/mol. The summed E-state index contributed by atoms with van der Waals surface area (Å²) in [5.41, 5.74) is 1.50. The summed E-state index contributed by atoms with van der Waals surface area (Å²) in [5, 5.41) is 0. The molecule has 26 heavy (non-hydrogen) atoms. The van der Waals surface area contributed by atoms with Gasteiger partial charge in [-0.15, -0.1) is 0 Å². The second-order valence-corrected chi connectivity index (χ2v) is 8.20. The van der Waals surface area contributed by atoms with Gasteiger partial charge in [0, 0.05) is 18.8 Å². The molecule has 0 aromatic heterocycles. The Hall–Kier alpha value is -1.53. The van der Waals surface area contributed by atoms with Crippen LogP contribution in [0, 0.1) is 5.92 Å². The Morgan fingerprint density at radius 1 is 1.19 bits per heavy atom. The number of anilines is 1. The molecule has 0 saturated carbocycles. The van der Waals surface area contributed by atoms with Crippen LogP contribution in [-0.2, 0) is 18.8 Å². The van der Waals surface area contributed by atoms with Crippen LogP contribution in [0.2, 0.25) is 0 Å². The van der Waals surface area contributed by atoms with Gasteiger partial charge in [-0.3, -0.25) is 4.79 Å². The Bertz CT molecular complexity index is 637. The Kier molecular flexibility index (Phi) is 5.36. The zero-order valence-electron chi connectivity index (χ0n) is 16.6. The smallest absolute Gasteiger partial charge is 0.466 e. The molecule has 0 unspecified atom stereocenters. The van der Waals surface area contributed by atoms with Gasteiger partial charge in [-0.1, -0.05) is 12.1 Å². The third kappa shape index (κ3) is 3.76. The fraction of sp³-hybridized carbons (Fsp3) is 0.650. The highest BCUT2D eigenvalue weighted by molar-refractivity contribution is 6.62. The number of esters is 1. The average Bonchev–Trinajstić information content (AvgIpc) is 2.83. The van der Waals surface area contributed by atoms with Gasteiger partial charge in [-0.2, -0.15) is 0 Å². The largest absolute Gasteiger partial charge is 0.494 e. The monoisotopic (exact) mass is 359 g/mol. The first-order chi connectivity index (χ1) is 12.2. The van der Waals surface area contributed by atoms with E-state index in [0.29, 0.717) is 6.61 Å². The van der Waals surface area contributed by atoms with E-state index in [-0.39, 0.29) is 30.2 Å². The van der Waals surface area contributed by atoms with Gasteiger partial charge < -0.3 is 18.9 Å². The molecule has 2 aliphatic heterocycles. The molecule has 0 radical (unpaired) electrons. The van der Waals surface area contributed by atoms with Gasteiger partial charge >= 0.3 is 13.1 Å². The predicted molar refractivity (Wildman–Crippen MR) is 104 cm³/mol. The molecule has 0 spiro atoms. The maximum atomic E-state index is 11.9. The summed E-state index contributed by atoms with van der Waals surface area (Å²) in [5.74, 6) is -0.0319. The van der Waals surface area contributed by atoms with Crippen LogP contribution in [0.3, 0.4) is 0 Å². The first kappa shape index (κ1) is 19.2. The minimum absolute atomic E-state index is 0.0254. The van der Waals surface area contributed by atoms with Gasteiger partial charge in [0.05, 0.1) is 23.7 Å². The van der Waals surface area contributed by atoms with E-state index in [1.165, 1.54) is 0 Å². The van der Waals surface area contributed by atoms with Crippen molar-refractivity contribution < 1.29 is 18.8 Å². The Labute approximate surface area is 157 Å². The molecular formula is C20H30BNO4. The quantitative estimate of drug-likeness (QED) is 0.611. The van der Waals surface area contributed by atoms with Crippen molar-refractivity contribution in [3.8, 4) is 0 Å². The number of benzene rings is 1. The molecule has 0 atom stereocenters. The number of carbonyl (C=O) groups is 1. The van der Waals surface area contributed by atoms with Crippen LogP contribution in [0.5, 0.6) is 0 Å². The van der Waals surface area contributed by atoms with E-state index >= 15 is 0 Å². The van der Waals surface area contributed by atoms with Crippen LogP contribution in [0.15, 0.2) is 24.3 Å². The Balaban J connectivity index is 1.67. The Morgan fingerprint density at radius 3 is 2.38 bits per heavy atom. The van der Waals surface area contributed by atoms with Crippen LogP contribution in [0.4, 0.5) is 5.69 Å². The standard InChI is InChI=1S/C20H30BNO4/c1-6-24-18(23)15-10-12-22(13-11-15)17-9-7-8-16(14-17)21-25-19(2,3)20(4,5)26-21/h7-9,14-15H,6,10-13H2,1-5H3. The SMILES string of the molecule is CCOC(=O)C1CCN(c2cccc(B3OC(C)(C)C(C)(C)O3)c2)CC1. The van der Waals surface area contributed by atoms with Gasteiger partial charge in [0.15, 0.2) is 0 Å². The van der Waals surface area contributed by atoms with Crippen molar-refractivity contribution in [3.63, 3.8) is 0 Å². The van der Waals surface area contributed by atoms with Gasteiger partial charge in [0.2, 0.25) is 0 Å². The van der Waals surface area contributed by atoms with Crippen LogP contribution >= 0.6 is 0 Å². The van der Waals surface area contributed by atoms with Crippen molar-refractivity contribution in [3.05, 3.63) is 24.3 Å². The summed E-state index contributed by atoms with van der Waals surface area (Å²) in [6.07, 6.45) is 1.67. The lowest BCUT2D eigenvalue weighted by molar-refractivity contribution is -0.148. The van der Waals surface area contributed by atoms with E-state index < -0.39 is 0 Å². The van der Waals surface area contributed by atoms with Gasteiger partial charge in [-0.05, 0) is 65.1 Å². The van der Waals surface area contributed by atoms with Gasteiger partial charge in [0.1, 0.15) is 0 Å². The molecule has 6 heteroatoms. The Morgan fingerprint density at radius 2 is 1.81 bits per heavy atom. The van der Waals surface area contributed by atoms with E-state index in [9.17, 15) is 4.79 Å². The number of ether oxygens (including phenoxy) is 1. The molecular weight excluding hydrogens is 329 g/mol. The molecule has 1 aromatic carbocycles. The minimum atomic E-state index is -0.350. The molecule has 0 amide bonds. The second-order valence-electron chi connectivity index (χ2n) is 8.20. The van der Waals surface area contributed by atoms with Crippen molar-refractivity contribution in [2.24, 2.45) is 5.92 Å². The number of rotatable bonds is 4. The fourth-order valence-electron chi connectivity index (χ4n) is 3.48. The first-order valence-electron chi connectivity index (χ1n) is 9.60. The molecule has 0 N–H and O–H groups in total. The van der Waals surface area contributed by atoms with E-state index in [1.807, 2.05) is 13.0 Å². The number of piperidine rings is 1. The van der Waals surface area contributed by atoms with Crippen molar-refractivity contribution in [1.82, 2.24) is 0 Å². The lowest BCUT2D eigenvalue weighted by Crippen LogP contribution is -2.41. The van der Waals surface area contributed by atoms with E-state index in [0.717, 1.165) is 37.1 Å². The van der Waals surface area contributed by atoms with Crippen LogP contribution in [0.1, 0.15) is 47.5 Å². The van der Waals surface area contributed by atoms with Crippen molar-refractivity contribution >= 4 is 24.2 Å². The van der Waals surface area contributed by atoms with E-state index in [4.69, 9.17) is 14.0 Å². The highest BCUT2D eigenvalue weighted by Crippen LogP contribution is 2.36. The lowest BCUT2D eigenvalue weighted by Gasteiger charge is -2.32. The number of nitrogens with zero attached hydrogens (tertiary/aromatic N) is 1. The van der Waals surface area contributed by atoms with Crippen molar-refractivity contribution in [1.29, 1.82) is 0 Å². The number of hydrogen-bond donors (Lipinski definition) is 0. The summed E-state index contributed by atoms with van der Waals surface area (Å²) in [7, 11) is -0.350. The lowest BCUT2D eigenvalue weighted by atomic mass is 9.79. The normalized spacial score (nSPS) is 22.5. The zero-order chi connectivity index (χ0) is 18.9. The molecule has 0 aliphatic carbocycles. The number of hydrogen-bond acceptors (Lipinski definition) is 5. The molecule has 0 bridgehead atoms. The molecule has 2 aliphatic rings. The predicted octanol–water partition coefficient (Wildman–Crippen LogP) is 2.77. The first-order valence-corrected chi connectivity index (χ1v) is 9.60. The van der Waals surface area contributed by atoms with E-state index in [1.54, 1.807) is 0 Å². The van der Waals surface area contributed by atoms with Crippen molar-refractivity contribution in [2.45, 2.75) is 58.7 Å². The van der Waals surface area contributed by atoms with Crippen LogP contribution < -0.4 is 10.4 Å². The van der Waals surface area contributed by atoms with Gasteiger partial charge in [-0.25, -0.2) is 0 Å². The summed E-state index contributed by atoms with van der Waals surface area (Å²) in [6, 6.07) is 8.36. The minimum Gasteiger partial charge on any atom is -0.466 e. The summed E-state index contributed by atoms with van der Waals surface area (Å²) in [4.78, 5) is 14.2. The second kappa shape index (κ2) is 7.24. The van der Waals surface area contributed by atoms with Crippen LogP contribution in [-0.4, -0.2) is 44.0 Å². The fourth-order valence-corrected chi connectivity index (χ4v) is 3.48. The molecule has 2 heterocycles. The van der Waals surface area contributed by atoms with E-state index in [2.05, 4.69) is 50.8 Å². The topological polar surface area (TPSA) is 48.0 Å². The maximum absolute atomic E-state index is 11.9. The van der Waals surface area contributed by atoms with Gasteiger partial charge in [0.25, 0.3) is 0 Å². The summed E-state index contributed by atoms with van der Waals surface area (Å²) in [6.45, 7) is 12.3.